The van der Waals surface area contributed by atoms with Crippen LogP contribution in [0.5, 0.6) is 0 Å². The van der Waals surface area contributed by atoms with Gasteiger partial charge in [0.2, 0.25) is 0 Å². The molecule has 1 heterocycles. The lowest BCUT2D eigenvalue weighted by molar-refractivity contribution is 0.249. The molecule has 4 nitrogen and oxygen atoms in total. The molecule has 2 rings (SSSR count). The van der Waals surface area contributed by atoms with E-state index < -0.39 is 11.8 Å². The van der Waals surface area contributed by atoms with Crippen LogP contribution >= 0.6 is 11.6 Å². The number of hydrogen-bond donors (Lipinski definition) is 2. The van der Waals surface area contributed by atoms with Gasteiger partial charge < -0.3 is 10.6 Å². The van der Waals surface area contributed by atoms with Gasteiger partial charge in [-0.2, -0.15) is 0 Å². The Morgan fingerprint density at radius 1 is 1.30 bits per heavy atom. The smallest absolute Gasteiger partial charge is 0.319 e. The van der Waals surface area contributed by atoms with Gasteiger partial charge >= 0.3 is 6.03 Å². The number of aromatic nitrogens is 1. The van der Waals surface area contributed by atoms with Gasteiger partial charge in [0, 0.05) is 17.4 Å². The molecule has 2 N–H and O–H groups in total. The maximum Gasteiger partial charge on any atom is 0.319 e. The molecule has 2 amide bonds. The molecular formula is C14H13ClFN3O. The third kappa shape index (κ3) is 3.68. The van der Waals surface area contributed by atoms with Gasteiger partial charge in [0.05, 0.1) is 11.7 Å². The van der Waals surface area contributed by atoms with Crippen LogP contribution < -0.4 is 10.6 Å². The van der Waals surface area contributed by atoms with Crippen LogP contribution in [-0.2, 0) is 0 Å². The Bertz CT molecular complexity index is 607. The molecule has 20 heavy (non-hydrogen) atoms. The summed E-state index contributed by atoms with van der Waals surface area (Å²) in [5.41, 5.74) is 0.943. The van der Waals surface area contributed by atoms with E-state index in [1.807, 2.05) is 6.92 Å². The van der Waals surface area contributed by atoms with E-state index in [1.165, 1.54) is 18.2 Å². The lowest BCUT2D eigenvalue weighted by Gasteiger charge is -2.15. The monoisotopic (exact) mass is 293 g/mol. The Hall–Kier alpha value is -2.14. The zero-order valence-electron chi connectivity index (χ0n) is 10.7. The third-order valence-corrected chi connectivity index (χ3v) is 2.97. The SMILES string of the molecule is CC(NC(=O)Nc1cc(Cl)ccc1F)c1ccncc1. The molecule has 0 aliphatic heterocycles. The molecule has 0 fully saturated rings. The average molecular weight is 294 g/mol. The molecule has 1 atom stereocenters. The zero-order chi connectivity index (χ0) is 14.5. The van der Waals surface area contributed by atoms with Crippen molar-refractivity contribution in [3.8, 4) is 0 Å². The van der Waals surface area contributed by atoms with Crippen molar-refractivity contribution in [3.63, 3.8) is 0 Å². The molecule has 0 bridgehead atoms. The average Bonchev–Trinajstić information content (AvgIpc) is 2.43. The summed E-state index contributed by atoms with van der Waals surface area (Å²) in [5.74, 6) is -0.541. The molecule has 1 aromatic carbocycles. The number of anilines is 1. The van der Waals surface area contributed by atoms with Crippen molar-refractivity contribution in [1.29, 1.82) is 0 Å². The zero-order valence-corrected chi connectivity index (χ0v) is 11.5. The van der Waals surface area contributed by atoms with Crippen LogP contribution in [0, 0.1) is 5.82 Å². The molecule has 6 heteroatoms. The van der Waals surface area contributed by atoms with E-state index in [-0.39, 0.29) is 11.7 Å². The van der Waals surface area contributed by atoms with Crippen molar-refractivity contribution in [2.24, 2.45) is 0 Å². The maximum atomic E-state index is 13.5. The number of urea groups is 1. The van der Waals surface area contributed by atoms with Crippen LogP contribution in [0.1, 0.15) is 18.5 Å². The van der Waals surface area contributed by atoms with E-state index >= 15 is 0 Å². The van der Waals surface area contributed by atoms with E-state index in [0.29, 0.717) is 5.02 Å². The first-order valence-corrected chi connectivity index (χ1v) is 6.36. The van der Waals surface area contributed by atoms with Gasteiger partial charge in [0.25, 0.3) is 0 Å². The van der Waals surface area contributed by atoms with Crippen molar-refractivity contribution < 1.29 is 9.18 Å². The summed E-state index contributed by atoms with van der Waals surface area (Å²) in [6, 6.07) is 6.84. The number of nitrogens with zero attached hydrogens (tertiary/aromatic N) is 1. The minimum Gasteiger partial charge on any atom is -0.331 e. The first-order valence-electron chi connectivity index (χ1n) is 5.99. The number of rotatable bonds is 3. The minimum absolute atomic E-state index is 0.0388. The summed E-state index contributed by atoms with van der Waals surface area (Å²) in [5, 5.41) is 5.48. The normalized spacial score (nSPS) is 11.8. The van der Waals surface area contributed by atoms with E-state index in [2.05, 4.69) is 15.6 Å². The van der Waals surface area contributed by atoms with Crippen molar-refractivity contribution in [3.05, 3.63) is 59.1 Å². The van der Waals surface area contributed by atoms with E-state index in [0.717, 1.165) is 5.56 Å². The predicted octanol–water partition coefficient (Wildman–Crippen LogP) is 3.76. The second-order valence-electron chi connectivity index (χ2n) is 4.22. The minimum atomic E-state index is -0.541. The van der Waals surface area contributed by atoms with Crippen molar-refractivity contribution in [2.75, 3.05) is 5.32 Å². The van der Waals surface area contributed by atoms with Crippen LogP contribution in [0.4, 0.5) is 14.9 Å². The topological polar surface area (TPSA) is 54.0 Å². The summed E-state index contributed by atoms with van der Waals surface area (Å²) in [6.45, 7) is 1.82. The number of carbonyl (C=O) groups is 1. The lowest BCUT2D eigenvalue weighted by Crippen LogP contribution is -2.31. The predicted molar refractivity (Wildman–Crippen MR) is 76.2 cm³/mol. The molecule has 0 aliphatic rings. The van der Waals surface area contributed by atoms with Gasteiger partial charge in [0.15, 0.2) is 0 Å². The summed E-state index contributed by atoms with van der Waals surface area (Å²) >= 11 is 5.76. The first-order chi connectivity index (χ1) is 9.56. The third-order valence-electron chi connectivity index (χ3n) is 2.73. The highest BCUT2D eigenvalue weighted by Gasteiger charge is 2.11. The maximum absolute atomic E-state index is 13.5. The molecule has 0 aliphatic carbocycles. The Labute approximate surface area is 121 Å². The Balaban J connectivity index is 2.01. The number of nitrogens with one attached hydrogen (secondary N) is 2. The Morgan fingerprint density at radius 2 is 2.00 bits per heavy atom. The number of pyridine rings is 1. The van der Waals surface area contributed by atoms with E-state index in [1.54, 1.807) is 24.5 Å². The molecule has 0 saturated heterocycles. The molecule has 104 valence electrons. The number of hydrogen-bond acceptors (Lipinski definition) is 2. The highest BCUT2D eigenvalue weighted by atomic mass is 35.5. The van der Waals surface area contributed by atoms with E-state index in [9.17, 15) is 9.18 Å². The van der Waals surface area contributed by atoms with Gasteiger partial charge in [-0.05, 0) is 42.8 Å². The highest BCUT2D eigenvalue weighted by molar-refractivity contribution is 6.30. The van der Waals surface area contributed by atoms with Gasteiger partial charge in [-0.15, -0.1) is 0 Å². The Morgan fingerprint density at radius 3 is 2.70 bits per heavy atom. The van der Waals surface area contributed by atoms with Crippen molar-refractivity contribution in [1.82, 2.24) is 10.3 Å². The van der Waals surface area contributed by atoms with Crippen LogP contribution in [0.3, 0.4) is 0 Å². The number of benzene rings is 1. The van der Waals surface area contributed by atoms with Crippen LogP contribution in [0.25, 0.3) is 0 Å². The number of amides is 2. The van der Waals surface area contributed by atoms with Gasteiger partial charge in [0.1, 0.15) is 5.82 Å². The molecule has 1 unspecified atom stereocenters. The van der Waals surface area contributed by atoms with Gasteiger partial charge in [-0.25, -0.2) is 9.18 Å². The summed E-state index contributed by atoms with van der Waals surface area (Å²) in [7, 11) is 0. The molecule has 1 aromatic heterocycles. The first kappa shape index (κ1) is 14.3. The molecular weight excluding hydrogens is 281 g/mol. The highest BCUT2D eigenvalue weighted by Crippen LogP contribution is 2.19. The largest absolute Gasteiger partial charge is 0.331 e. The second-order valence-corrected chi connectivity index (χ2v) is 4.66. The number of carbonyl (C=O) groups excluding carboxylic acids is 1. The van der Waals surface area contributed by atoms with Crippen LogP contribution in [0.15, 0.2) is 42.7 Å². The van der Waals surface area contributed by atoms with Gasteiger partial charge in [-0.1, -0.05) is 11.6 Å². The number of halogens is 2. The molecule has 0 spiro atoms. The summed E-state index contributed by atoms with van der Waals surface area (Å²) < 4.78 is 13.5. The fourth-order valence-electron chi connectivity index (χ4n) is 1.68. The molecule has 0 radical (unpaired) electrons. The molecule has 2 aromatic rings. The summed E-state index contributed by atoms with van der Waals surface area (Å²) in [4.78, 5) is 15.7. The fraction of sp³-hybridized carbons (Fsp3) is 0.143. The van der Waals surface area contributed by atoms with Crippen LogP contribution in [-0.4, -0.2) is 11.0 Å². The second kappa shape index (κ2) is 6.34. The quantitative estimate of drug-likeness (QED) is 0.905. The standard InChI is InChI=1S/C14H13ClFN3O/c1-9(10-4-6-17-7-5-10)18-14(20)19-13-8-11(15)2-3-12(13)16/h2-9H,1H3,(H2,18,19,20). The van der Waals surface area contributed by atoms with Crippen LogP contribution in [0.2, 0.25) is 5.02 Å². The summed E-state index contributed by atoms with van der Waals surface area (Å²) in [6.07, 6.45) is 3.28. The van der Waals surface area contributed by atoms with Gasteiger partial charge in [-0.3, -0.25) is 4.98 Å². The lowest BCUT2D eigenvalue weighted by atomic mass is 10.1. The van der Waals surface area contributed by atoms with E-state index in [4.69, 9.17) is 11.6 Å². The van der Waals surface area contributed by atoms with Crippen molar-refractivity contribution in [2.45, 2.75) is 13.0 Å². The fourth-order valence-corrected chi connectivity index (χ4v) is 1.86. The Kier molecular flexibility index (Phi) is 4.53. The van der Waals surface area contributed by atoms with Crippen molar-refractivity contribution >= 4 is 23.3 Å². The molecule has 0 saturated carbocycles.